The Balaban J connectivity index is 2.28. The molecule has 1 heterocycles. The quantitative estimate of drug-likeness (QED) is 0.673. The first kappa shape index (κ1) is 9.96. The number of likely N-dealkylation sites (tertiary alicyclic amines) is 1. The number of aliphatic hydroxyl groups excluding tert-OH is 1. The van der Waals surface area contributed by atoms with Gasteiger partial charge in [0.15, 0.2) is 0 Å². The Morgan fingerprint density at radius 2 is 2.25 bits per heavy atom. The van der Waals surface area contributed by atoms with Crippen molar-refractivity contribution in [3.8, 4) is 0 Å². The highest BCUT2D eigenvalue weighted by Gasteiger charge is 2.22. The molecule has 0 radical (unpaired) electrons. The Bertz CT molecular complexity index is 130. The molecule has 0 amide bonds. The molecule has 1 aliphatic rings. The largest absolute Gasteiger partial charge is 0.392 e. The summed E-state index contributed by atoms with van der Waals surface area (Å²) in [4.78, 5) is 2.29. The molecule has 0 aromatic heterocycles. The van der Waals surface area contributed by atoms with Gasteiger partial charge in [-0.2, -0.15) is 0 Å². The first-order chi connectivity index (χ1) is 5.74. The van der Waals surface area contributed by atoms with Crippen molar-refractivity contribution in [2.45, 2.75) is 31.9 Å². The fraction of sp³-hybridized carbons (Fsp3) is 1.00. The van der Waals surface area contributed by atoms with E-state index in [0.29, 0.717) is 6.04 Å². The maximum atomic E-state index is 9.41. The van der Waals surface area contributed by atoms with Crippen molar-refractivity contribution in [3.05, 3.63) is 0 Å². The van der Waals surface area contributed by atoms with Gasteiger partial charge >= 0.3 is 0 Å². The molecule has 0 bridgehead atoms. The second kappa shape index (κ2) is 4.80. The van der Waals surface area contributed by atoms with Crippen molar-refractivity contribution in [2.24, 2.45) is 0 Å². The van der Waals surface area contributed by atoms with Crippen LogP contribution in [0, 0.1) is 0 Å². The average molecular weight is 173 g/mol. The van der Waals surface area contributed by atoms with Crippen LogP contribution in [0.4, 0.5) is 0 Å². The van der Waals surface area contributed by atoms with Gasteiger partial charge in [-0.3, -0.25) is 4.90 Å². The highest BCUT2D eigenvalue weighted by molar-refractivity contribution is 4.77. The fourth-order valence-corrected chi connectivity index (χ4v) is 1.68. The Morgan fingerprint density at radius 3 is 2.92 bits per heavy atom. The van der Waals surface area contributed by atoms with Gasteiger partial charge in [0, 0.05) is 26.2 Å². The third kappa shape index (κ3) is 2.73. The summed E-state index contributed by atoms with van der Waals surface area (Å²) in [5, 5.41) is 9.41. The number of hydrogen-bond donors (Lipinski definition) is 1. The van der Waals surface area contributed by atoms with Gasteiger partial charge in [0.1, 0.15) is 0 Å². The molecule has 1 saturated heterocycles. The standard InChI is InChI=1S/C9H19NO2/c1-8-3-4-9(11)7-10(8)5-6-12-2/h8-9,11H,3-7H2,1-2H3/t8-,9-/m0/s1. The zero-order valence-electron chi connectivity index (χ0n) is 7.99. The molecular weight excluding hydrogens is 154 g/mol. The molecule has 72 valence electrons. The van der Waals surface area contributed by atoms with Gasteiger partial charge in [-0.05, 0) is 19.8 Å². The monoisotopic (exact) mass is 173 g/mol. The van der Waals surface area contributed by atoms with Crippen LogP contribution >= 0.6 is 0 Å². The topological polar surface area (TPSA) is 32.7 Å². The molecule has 0 unspecified atom stereocenters. The number of piperidine rings is 1. The van der Waals surface area contributed by atoms with Crippen molar-refractivity contribution in [1.82, 2.24) is 4.90 Å². The maximum absolute atomic E-state index is 9.41. The normalized spacial score (nSPS) is 32.2. The summed E-state index contributed by atoms with van der Waals surface area (Å²) in [7, 11) is 1.71. The molecule has 1 aliphatic heterocycles. The van der Waals surface area contributed by atoms with Crippen molar-refractivity contribution in [3.63, 3.8) is 0 Å². The first-order valence-corrected chi connectivity index (χ1v) is 4.65. The molecule has 0 saturated carbocycles. The molecule has 1 N–H and O–H groups in total. The summed E-state index contributed by atoms with van der Waals surface area (Å²) >= 11 is 0. The van der Waals surface area contributed by atoms with E-state index in [1.807, 2.05) is 0 Å². The van der Waals surface area contributed by atoms with Gasteiger partial charge in [0.2, 0.25) is 0 Å². The second-order valence-electron chi connectivity index (χ2n) is 3.57. The number of rotatable bonds is 3. The van der Waals surface area contributed by atoms with E-state index in [2.05, 4.69) is 11.8 Å². The van der Waals surface area contributed by atoms with E-state index in [-0.39, 0.29) is 6.10 Å². The molecule has 0 spiro atoms. The van der Waals surface area contributed by atoms with E-state index in [0.717, 1.165) is 32.5 Å². The van der Waals surface area contributed by atoms with Crippen LogP contribution in [0.15, 0.2) is 0 Å². The second-order valence-corrected chi connectivity index (χ2v) is 3.57. The zero-order valence-corrected chi connectivity index (χ0v) is 7.99. The fourth-order valence-electron chi connectivity index (χ4n) is 1.68. The van der Waals surface area contributed by atoms with Gasteiger partial charge in [-0.15, -0.1) is 0 Å². The summed E-state index contributed by atoms with van der Waals surface area (Å²) < 4.78 is 5.00. The summed E-state index contributed by atoms with van der Waals surface area (Å²) in [6.07, 6.45) is 1.92. The minimum Gasteiger partial charge on any atom is -0.392 e. The average Bonchev–Trinajstić information content (AvgIpc) is 2.07. The van der Waals surface area contributed by atoms with Gasteiger partial charge in [-0.25, -0.2) is 0 Å². The molecule has 3 nitrogen and oxygen atoms in total. The number of methoxy groups -OCH3 is 1. The molecule has 0 aliphatic carbocycles. The van der Waals surface area contributed by atoms with Crippen LogP contribution in [-0.2, 0) is 4.74 Å². The smallest absolute Gasteiger partial charge is 0.0667 e. The van der Waals surface area contributed by atoms with E-state index in [4.69, 9.17) is 4.74 Å². The Hall–Kier alpha value is -0.120. The van der Waals surface area contributed by atoms with Crippen LogP contribution in [0.5, 0.6) is 0 Å². The molecule has 0 aromatic rings. The third-order valence-corrected chi connectivity index (χ3v) is 2.57. The lowest BCUT2D eigenvalue weighted by Crippen LogP contribution is -2.45. The number of nitrogens with zero attached hydrogens (tertiary/aromatic N) is 1. The van der Waals surface area contributed by atoms with Gasteiger partial charge < -0.3 is 9.84 Å². The Labute approximate surface area is 74.3 Å². The molecule has 12 heavy (non-hydrogen) atoms. The summed E-state index contributed by atoms with van der Waals surface area (Å²) in [6.45, 7) is 4.72. The van der Waals surface area contributed by atoms with Crippen LogP contribution < -0.4 is 0 Å². The predicted molar refractivity (Wildman–Crippen MR) is 48.2 cm³/mol. The summed E-state index contributed by atoms with van der Waals surface area (Å²) in [6, 6.07) is 0.601. The molecule has 1 fully saturated rings. The lowest BCUT2D eigenvalue weighted by atomic mass is 10.0. The minimum absolute atomic E-state index is 0.127. The van der Waals surface area contributed by atoms with Crippen molar-refractivity contribution in [2.75, 3.05) is 26.8 Å². The van der Waals surface area contributed by atoms with Crippen LogP contribution in [0.3, 0.4) is 0 Å². The Morgan fingerprint density at radius 1 is 1.50 bits per heavy atom. The molecule has 2 atom stereocenters. The van der Waals surface area contributed by atoms with Crippen LogP contribution in [-0.4, -0.2) is 49.0 Å². The van der Waals surface area contributed by atoms with Crippen molar-refractivity contribution < 1.29 is 9.84 Å². The molecule has 3 heteroatoms. The number of hydrogen-bond acceptors (Lipinski definition) is 3. The highest BCUT2D eigenvalue weighted by atomic mass is 16.5. The van der Waals surface area contributed by atoms with Crippen LogP contribution in [0.1, 0.15) is 19.8 Å². The molecule has 0 aromatic carbocycles. The number of ether oxygens (including phenoxy) is 1. The maximum Gasteiger partial charge on any atom is 0.0667 e. The highest BCUT2D eigenvalue weighted by Crippen LogP contribution is 2.16. The predicted octanol–water partition coefficient (Wildman–Crippen LogP) is 0.478. The SMILES string of the molecule is COCCN1C[C@@H](O)CC[C@@H]1C. The van der Waals surface area contributed by atoms with Crippen molar-refractivity contribution >= 4 is 0 Å². The van der Waals surface area contributed by atoms with Gasteiger partial charge in [0.25, 0.3) is 0 Å². The van der Waals surface area contributed by atoms with Gasteiger partial charge in [0.05, 0.1) is 12.7 Å². The van der Waals surface area contributed by atoms with Crippen molar-refractivity contribution in [1.29, 1.82) is 0 Å². The first-order valence-electron chi connectivity index (χ1n) is 4.65. The van der Waals surface area contributed by atoms with E-state index in [1.165, 1.54) is 0 Å². The Kier molecular flexibility index (Phi) is 3.98. The molecular formula is C9H19NO2. The minimum atomic E-state index is -0.127. The van der Waals surface area contributed by atoms with E-state index >= 15 is 0 Å². The molecule has 1 rings (SSSR count). The lowest BCUT2D eigenvalue weighted by Gasteiger charge is -2.35. The van der Waals surface area contributed by atoms with Gasteiger partial charge in [-0.1, -0.05) is 0 Å². The number of aliphatic hydroxyl groups is 1. The lowest BCUT2D eigenvalue weighted by molar-refractivity contribution is 0.0265. The summed E-state index contributed by atoms with van der Waals surface area (Å²) in [5.41, 5.74) is 0. The third-order valence-electron chi connectivity index (χ3n) is 2.57. The van der Waals surface area contributed by atoms with E-state index < -0.39 is 0 Å². The van der Waals surface area contributed by atoms with Crippen LogP contribution in [0.25, 0.3) is 0 Å². The summed E-state index contributed by atoms with van der Waals surface area (Å²) in [5.74, 6) is 0. The van der Waals surface area contributed by atoms with E-state index in [9.17, 15) is 5.11 Å². The zero-order chi connectivity index (χ0) is 8.97. The van der Waals surface area contributed by atoms with Crippen LogP contribution in [0.2, 0.25) is 0 Å². The number of β-amino-alcohol motifs (C(OH)–C–C–N with tert-alkyl or cyclic N) is 1. The van der Waals surface area contributed by atoms with E-state index in [1.54, 1.807) is 7.11 Å².